The zero-order chi connectivity index (χ0) is 29.5. The number of fused-ring (bicyclic) bond motifs is 2. The van der Waals surface area contributed by atoms with Crippen LogP contribution in [0.5, 0.6) is 5.75 Å². The first-order chi connectivity index (χ1) is 19.4. The van der Waals surface area contributed by atoms with Gasteiger partial charge in [-0.15, -0.1) is 0 Å². The number of carbonyl (C=O) groups excluding carboxylic acids is 2. The van der Waals surface area contributed by atoms with Crippen LogP contribution >= 0.6 is 0 Å². The fourth-order valence-corrected chi connectivity index (χ4v) is 6.22. The Labute approximate surface area is 235 Å². The van der Waals surface area contributed by atoms with Crippen molar-refractivity contribution in [3.8, 4) is 5.75 Å². The number of hydrogen-bond acceptors (Lipinski definition) is 6. The van der Waals surface area contributed by atoms with Gasteiger partial charge in [-0.25, -0.2) is 17.2 Å². The average Bonchev–Trinajstić information content (AvgIpc) is 3.36. The molecule has 1 saturated heterocycles. The molecule has 3 heterocycles. The number of sulfonamides is 1. The van der Waals surface area contributed by atoms with Crippen molar-refractivity contribution in [3.63, 3.8) is 0 Å². The van der Waals surface area contributed by atoms with Gasteiger partial charge < -0.3 is 19.5 Å². The summed E-state index contributed by atoms with van der Waals surface area (Å²) in [6, 6.07) is 11.8. The van der Waals surface area contributed by atoms with Crippen LogP contribution in [0.4, 0.5) is 8.78 Å². The van der Waals surface area contributed by atoms with Gasteiger partial charge in [-0.1, -0.05) is 36.4 Å². The van der Waals surface area contributed by atoms with E-state index >= 15 is 0 Å². The predicted octanol–water partition coefficient (Wildman–Crippen LogP) is 2.08. The topological polar surface area (TPSA) is 118 Å². The van der Waals surface area contributed by atoms with E-state index in [2.05, 4.69) is 5.32 Å². The van der Waals surface area contributed by atoms with Gasteiger partial charge in [0.1, 0.15) is 23.8 Å². The first kappa shape index (κ1) is 28.4. The molecular weight excluding hydrogens is 558 g/mol. The summed E-state index contributed by atoms with van der Waals surface area (Å²) in [5.74, 6) is -3.36. The van der Waals surface area contributed by atoms with Crippen molar-refractivity contribution < 1.29 is 31.5 Å². The van der Waals surface area contributed by atoms with E-state index in [9.17, 15) is 31.6 Å². The van der Waals surface area contributed by atoms with Crippen molar-refractivity contribution >= 4 is 21.8 Å². The van der Waals surface area contributed by atoms with E-state index in [1.54, 1.807) is 31.3 Å². The molecule has 41 heavy (non-hydrogen) atoms. The zero-order valence-corrected chi connectivity index (χ0v) is 23.2. The Kier molecular flexibility index (Phi) is 7.43. The number of pyridine rings is 1. The Bertz CT molecular complexity index is 1700. The van der Waals surface area contributed by atoms with Gasteiger partial charge in [-0.05, 0) is 18.1 Å². The summed E-state index contributed by atoms with van der Waals surface area (Å²) in [5, 5.41) is 2.48. The fraction of sp³-hybridized carbons (Fsp3) is 0.321. The lowest BCUT2D eigenvalue weighted by Gasteiger charge is -2.42. The monoisotopic (exact) mass is 586 g/mol. The Balaban J connectivity index is 1.60. The second kappa shape index (κ2) is 10.7. The third kappa shape index (κ3) is 5.46. The number of ether oxygens (including phenoxy) is 1. The number of benzene rings is 2. The zero-order valence-electron chi connectivity index (χ0n) is 22.4. The standard InChI is InChI=1S/C28H28F2N4O6S/c1-32-16-28(10-11-33(17-28)41(2,38)39)34-14-21(26(36)31-13-19-8-9-20(29)12-22(19)30)24(35)25(23(34)27(32)37)40-15-18-6-4-3-5-7-18/h3-9,12,14H,10-11,13,15-17H2,1-2H3,(H,31,36). The van der Waals surface area contributed by atoms with Crippen LogP contribution < -0.4 is 15.5 Å². The molecule has 0 aliphatic carbocycles. The minimum absolute atomic E-state index is 0.00576. The van der Waals surface area contributed by atoms with Crippen molar-refractivity contribution in [2.45, 2.75) is 25.1 Å². The second-order valence-electron chi connectivity index (χ2n) is 10.3. The molecule has 5 rings (SSSR count). The van der Waals surface area contributed by atoms with Gasteiger partial charge in [0, 0.05) is 51.1 Å². The van der Waals surface area contributed by atoms with Crippen molar-refractivity contribution in [2.75, 3.05) is 32.9 Å². The third-order valence-corrected chi connectivity index (χ3v) is 8.70. The highest BCUT2D eigenvalue weighted by atomic mass is 32.2. The lowest BCUT2D eigenvalue weighted by Crippen LogP contribution is -2.55. The highest BCUT2D eigenvalue weighted by molar-refractivity contribution is 7.88. The van der Waals surface area contributed by atoms with Gasteiger partial charge in [0.15, 0.2) is 11.4 Å². The van der Waals surface area contributed by atoms with Gasteiger partial charge >= 0.3 is 0 Å². The minimum Gasteiger partial charge on any atom is -0.483 e. The van der Waals surface area contributed by atoms with E-state index < -0.39 is 44.4 Å². The lowest BCUT2D eigenvalue weighted by molar-refractivity contribution is 0.0611. The predicted molar refractivity (Wildman–Crippen MR) is 145 cm³/mol. The van der Waals surface area contributed by atoms with Crippen LogP contribution in [-0.2, 0) is 28.7 Å². The molecule has 0 bridgehead atoms. The maximum Gasteiger partial charge on any atom is 0.274 e. The summed E-state index contributed by atoms with van der Waals surface area (Å²) in [5.41, 5.74) is -1.56. The number of nitrogens with one attached hydrogen (secondary N) is 1. The van der Waals surface area contributed by atoms with E-state index in [1.165, 1.54) is 26.0 Å². The first-order valence-electron chi connectivity index (χ1n) is 12.8. The van der Waals surface area contributed by atoms with E-state index in [0.717, 1.165) is 12.3 Å². The molecule has 2 aliphatic heterocycles. The minimum atomic E-state index is -3.57. The second-order valence-corrected chi connectivity index (χ2v) is 12.3. The summed E-state index contributed by atoms with van der Waals surface area (Å²) < 4.78 is 61.0. The van der Waals surface area contributed by atoms with Crippen LogP contribution in [0.3, 0.4) is 0 Å². The molecule has 2 amide bonds. The van der Waals surface area contributed by atoms with E-state index in [-0.39, 0.29) is 55.4 Å². The lowest BCUT2D eigenvalue weighted by atomic mass is 9.92. The van der Waals surface area contributed by atoms with E-state index in [0.29, 0.717) is 18.1 Å². The molecule has 1 aromatic heterocycles. The number of rotatable bonds is 7. The highest BCUT2D eigenvalue weighted by Gasteiger charge is 2.49. The smallest absolute Gasteiger partial charge is 0.274 e. The number of nitrogens with zero attached hydrogens (tertiary/aromatic N) is 3. The number of hydrogen-bond donors (Lipinski definition) is 1. The van der Waals surface area contributed by atoms with Crippen LogP contribution in [-0.4, -0.2) is 66.9 Å². The molecule has 1 atom stereocenters. The van der Waals surface area contributed by atoms with E-state index in [1.807, 2.05) is 6.07 Å². The molecule has 0 saturated carbocycles. The van der Waals surface area contributed by atoms with Crippen molar-refractivity contribution in [2.24, 2.45) is 0 Å². The molecule has 1 spiro atoms. The Morgan fingerprint density at radius 3 is 2.49 bits per heavy atom. The average molecular weight is 587 g/mol. The summed E-state index contributed by atoms with van der Waals surface area (Å²) >= 11 is 0. The molecule has 1 N–H and O–H groups in total. The SMILES string of the molecule is CN1CC2(CCN(S(C)(=O)=O)C2)n2cc(C(=O)NCc3ccc(F)cc3F)c(=O)c(OCc3ccccc3)c2C1=O. The molecule has 2 aliphatic rings. The van der Waals surface area contributed by atoms with Gasteiger partial charge in [0.25, 0.3) is 11.8 Å². The van der Waals surface area contributed by atoms with Crippen LogP contribution in [0.25, 0.3) is 0 Å². The Morgan fingerprint density at radius 2 is 1.83 bits per heavy atom. The first-order valence-corrected chi connectivity index (χ1v) is 14.6. The van der Waals surface area contributed by atoms with E-state index in [4.69, 9.17) is 4.74 Å². The molecule has 1 unspecified atom stereocenters. The van der Waals surface area contributed by atoms with Crippen LogP contribution in [0.1, 0.15) is 38.4 Å². The molecule has 3 aromatic rings. The third-order valence-electron chi connectivity index (χ3n) is 7.45. The van der Waals surface area contributed by atoms with Crippen LogP contribution in [0.15, 0.2) is 59.5 Å². The molecule has 216 valence electrons. The van der Waals surface area contributed by atoms with Gasteiger partial charge in [-0.2, -0.15) is 4.31 Å². The molecule has 13 heteroatoms. The van der Waals surface area contributed by atoms with Crippen molar-refractivity contribution in [3.05, 3.63) is 99.0 Å². The number of carbonyl (C=O) groups is 2. The summed E-state index contributed by atoms with van der Waals surface area (Å²) in [6.45, 7) is -0.0829. The fourth-order valence-electron chi connectivity index (χ4n) is 5.33. The summed E-state index contributed by atoms with van der Waals surface area (Å²) in [6.07, 6.45) is 2.66. The highest BCUT2D eigenvalue weighted by Crippen LogP contribution is 2.38. The Hall–Kier alpha value is -4.10. The van der Waals surface area contributed by atoms with Gasteiger partial charge in [0.2, 0.25) is 15.5 Å². The number of halogens is 2. The van der Waals surface area contributed by atoms with Gasteiger partial charge in [-0.3, -0.25) is 14.4 Å². The normalized spacial score (nSPS) is 18.9. The molecule has 2 aromatic carbocycles. The summed E-state index contributed by atoms with van der Waals surface area (Å²) in [7, 11) is -2.01. The summed E-state index contributed by atoms with van der Waals surface area (Å²) in [4.78, 5) is 41.9. The quantitative estimate of drug-likeness (QED) is 0.453. The molecule has 1 fully saturated rings. The molecule has 10 nitrogen and oxygen atoms in total. The molecular formula is C28H28F2N4O6S. The largest absolute Gasteiger partial charge is 0.483 e. The maximum absolute atomic E-state index is 14.2. The van der Waals surface area contributed by atoms with Crippen LogP contribution in [0.2, 0.25) is 0 Å². The maximum atomic E-state index is 14.2. The van der Waals surface area contributed by atoms with Gasteiger partial charge in [0.05, 0.1) is 11.8 Å². The number of likely N-dealkylation sites (N-methyl/N-ethyl adjacent to an activating group) is 1. The Morgan fingerprint density at radius 1 is 1.10 bits per heavy atom. The number of amides is 2. The number of aromatic nitrogens is 1. The van der Waals surface area contributed by atoms with Crippen molar-refractivity contribution in [1.82, 2.24) is 19.1 Å². The van der Waals surface area contributed by atoms with Crippen molar-refractivity contribution in [1.29, 1.82) is 0 Å². The molecule has 0 radical (unpaired) electrons. The van der Waals surface area contributed by atoms with Crippen LogP contribution in [0, 0.1) is 11.6 Å².